The minimum Gasteiger partial charge on any atom is -0.274 e. The average Bonchev–Trinajstić information content (AvgIpc) is 2.97. The van der Waals surface area contributed by atoms with Gasteiger partial charge >= 0.3 is 0 Å². The molecule has 2 heterocycles. The highest BCUT2D eigenvalue weighted by molar-refractivity contribution is 7.11. The Balaban J connectivity index is 1.65. The number of hydrogen-bond donors (Lipinski definition) is 0. The van der Waals surface area contributed by atoms with Gasteiger partial charge in [0.15, 0.2) is 0 Å². The van der Waals surface area contributed by atoms with E-state index in [0.29, 0.717) is 17.7 Å². The Kier molecular flexibility index (Phi) is 3.36. The smallest absolute Gasteiger partial charge is 0.261 e. The van der Waals surface area contributed by atoms with Gasteiger partial charge in [-0.1, -0.05) is 12.1 Å². The van der Waals surface area contributed by atoms with Crippen LogP contribution >= 0.6 is 11.3 Å². The molecular formula is C15H14N2O2S. The molecule has 0 aliphatic carbocycles. The van der Waals surface area contributed by atoms with E-state index in [0.717, 1.165) is 17.8 Å². The molecule has 4 nitrogen and oxygen atoms in total. The molecule has 2 amide bonds. The summed E-state index contributed by atoms with van der Waals surface area (Å²) in [5.41, 5.74) is 1.04. The van der Waals surface area contributed by atoms with Gasteiger partial charge in [0.2, 0.25) is 0 Å². The minimum absolute atomic E-state index is 0.175. The maximum absolute atomic E-state index is 12.1. The Morgan fingerprint density at radius 1 is 1.15 bits per heavy atom. The monoisotopic (exact) mass is 286 g/mol. The van der Waals surface area contributed by atoms with Crippen LogP contribution < -0.4 is 0 Å². The molecule has 1 aromatic carbocycles. The van der Waals surface area contributed by atoms with Crippen LogP contribution in [-0.4, -0.2) is 28.2 Å². The van der Waals surface area contributed by atoms with Crippen molar-refractivity contribution < 1.29 is 9.59 Å². The molecular weight excluding hydrogens is 272 g/mol. The van der Waals surface area contributed by atoms with Crippen LogP contribution in [0.2, 0.25) is 0 Å². The molecule has 3 rings (SSSR count). The van der Waals surface area contributed by atoms with Crippen molar-refractivity contribution in [3.63, 3.8) is 0 Å². The lowest BCUT2D eigenvalue weighted by atomic mass is 10.1. The molecule has 1 aliphatic rings. The van der Waals surface area contributed by atoms with E-state index in [2.05, 4.69) is 4.98 Å². The third-order valence-corrected chi connectivity index (χ3v) is 4.32. The molecule has 102 valence electrons. The second kappa shape index (κ2) is 5.17. The first-order valence-corrected chi connectivity index (χ1v) is 7.35. The van der Waals surface area contributed by atoms with Gasteiger partial charge in [0.25, 0.3) is 11.8 Å². The fourth-order valence-corrected chi connectivity index (χ4v) is 3.21. The van der Waals surface area contributed by atoms with Gasteiger partial charge in [-0.15, -0.1) is 11.3 Å². The lowest BCUT2D eigenvalue weighted by molar-refractivity contribution is 0.0652. The first-order chi connectivity index (χ1) is 9.66. The van der Waals surface area contributed by atoms with Crippen molar-refractivity contribution in [2.24, 2.45) is 0 Å². The van der Waals surface area contributed by atoms with Gasteiger partial charge in [0.05, 0.1) is 16.1 Å². The molecule has 1 aliphatic heterocycles. The highest BCUT2D eigenvalue weighted by atomic mass is 32.1. The summed E-state index contributed by atoms with van der Waals surface area (Å²) in [5.74, 6) is -0.350. The largest absolute Gasteiger partial charge is 0.274 e. The fourth-order valence-electron chi connectivity index (χ4n) is 2.37. The molecule has 0 N–H and O–H groups in total. The van der Waals surface area contributed by atoms with Crippen molar-refractivity contribution in [3.8, 4) is 0 Å². The lowest BCUT2D eigenvalue weighted by Crippen LogP contribution is -2.30. The van der Waals surface area contributed by atoms with Gasteiger partial charge in [-0.05, 0) is 31.9 Å². The second-order valence-corrected chi connectivity index (χ2v) is 6.08. The van der Waals surface area contributed by atoms with Crippen LogP contribution in [0.4, 0.5) is 0 Å². The van der Waals surface area contributed by atoms with Gasteiger partial charge in [0, 0.05) is 17.6 Å². The number of nitrogens with zero attached hydrogens (tertiary/aromatic N) is 2. The molecule has 0 bridgehead atoms. The third-order valence-electron chi connectivity index (χ3n) is 3.35. The van der Waals surface area contributed by atoms with Crippen molar-refractivity contribution >= 4 is 23.2 Å². The van der Waals surface area contributed by atoms with E-state index < -0.39 is 0 Å². The number of carbonyl (C=O) groups is 2. The van der Waals surface area contributed by atoms with E-state index in [9.17, 15) is 9.59 Å². The van der Waals surface area contributed by atoms with Gasteiger partial charge in [-0.2, -0.15) is 0 Å². The van der Waals surface area contributed by atoms with E-state index in [1.807, 2.05) is 13.1 Å². The van der Waals surface area contributed by atoms with E-state index in [-0.39, 0.29) is 11.8 Å². The predicted octanol–water partition coefficient (Wildman–Crippen LogP) is 2.68. The number of imide groups is 1. The van der Waals surface area contributed by atoms with Crippen LogP contribution in [0.5, 0.6) is 0 Å². The highest BCUT2D eigenvalue weighted by Gasteiger charge is 2.34. The highest BCUT2D eigenvalue weighted by Crippen LogP contribution is 2.23. The summed E-state index contributed by atoms with van der Waals surface area (Å²) in [7, 11) is 0. The molecule has 0 atom stereocenters. The van der Waals surface area contributed by atoms with Gasteiger partial charge in [-0.25, -0.2) is 4.98 Å². The van der Waals surface area contributed by atoms with Gasteiger partial charge in [0.1, 0.15) is 0 Å². The molecule has 0 radical (unpaired) electrons. The van der Waals surface area contributed by atoms with E-state index in [1.54, 1.807) is 35.6 Å². The summed E-state index contributed by atoms with van der Waals surface area (Å²) < 4.78 is 0. The van der Waals surface area contributed by atoms with Crippen molar-refractivity contribution in [2.75, 3.05) is 6.54 Å². The zero-order valence-corrected chi connectivity index (χ0v) is 11.9. The van der Waals surface area contributed by atoms with Crippen LogP contribution in [0.1, 0.15) is 37.0 Å². The second-order valence-electron chi connectivity index (χ2n) is 4.76. The Labute approximate surface area is 121 Å². The number of carbonyl (C=O) groups excluding carboxylic acids is 2. The normalized spacial score (nSPS) is 13.9. The number of aromatic nitrogens is 1. The molecule has 0 saturated carbocycles. The molecule has 0 unspecified atom stereocenters. The number of hydrogen-bond acceptors (Lipinski definition) is 4. The Bertz CT molecular complexity index is 643. The number of aryl methyl sites for hydroxylation is 2. The summed E-state index contributed by atoms with van der Waals surface area (Å²) in [5, 5.41) is 1.04. The SMILES string of the molecule is Cc1ncc(CCCN2C(=O)c3ccccc3C2=O)s1. The van der Waals surface area contributed by atoms with Crippen molar-refractivity contribution in [1.82, 2.24) is 9.88 Å². The van der Waals surface area contributed by atoms with Crippen molar-refractivity contribution in [1.29, 1.82) is 0 Å². The lowest BCUT2D eigenvalue weighted by Gasteiger charge is -2.12. The molecule has 1 aromatic heterocycles. The van der Waals surface area contributed by atoms with Gasteiger partial charge < -0.3 is 0 Å². The predicted molar refractivity (Wildman–Crippen MR) is 77.0 cm³/mol. The van der Waals surface area contributed by atoms with Crippen molar-refractivity contribution in [3.05, 3.63) is 51.5 Å². The Morgan fingerprint density at radius 2 is 1.80 bits per heavy atom. The maximum atomic E-state index is 12.1. The van der Waals surface area contributed by atoms with Crippen LogP contribution in [-0.2, 0) is 6.42 Å². The summed E-state index contributed by atoms with van der Waals surface area (Å²) in [6.45, 7) is 2.43. The summed E-state index contributed by atoms with van der Waals surface area (Å²) in [6, 6.07) is 6.99. The quantitative estimate of drug-likeness (QED) is 0.812. The van der Waals surface area contributed by atoms with E-state index in [4.69, 9.17) is 0 Å². The van der Waals surface area contributed by atoms with Crippen LogP contribution in [0.25, 0.3) is 0 Å². The van der Waals surface area contributed by atoms with Gasteiger partial charge in [-0.3, -0.25) is 14.5 Å². The van der Waals surface area contributed by atoms with Crippen molar-refractivity contribution in [2.45, 2.75) is 19.8 Å². The molecule has 0 saturated heterocycles. The number of rotatable bonds is 4. The minimum atomic E-state index is -0.175. The first-order valence-electron chi connectivity index (χ1n) is 6.53. The molecule has 2 aromatic rings. The van der Waals surface area contributed by atoms with Crippen LogP contribution in [0.15, 0.2) is 30.5 Å². The first kappa shape index (κ1) is 13.0. The summed E-state index contributed by atoms with van der Waals surface area (Å²) >= 11 is 1.66. The zero-order valence-electron chi connectivity index (χ0n) is 11.1. The van der Waals surface area contributed by atoms with E-state index in [1.165, 1.54) is 9.78 Å². The third kappa shape index (κ3) is 2.25. The summed E-state index contributed by atoms with van der Waals surface area (Å²) in [6.07, 6.45) is 3.48. The zero-order chi connectivity index (χ0) is 14.1. The molecule has 20 heavy (non-hydrogen) atoms. The van der Waals surface area contributed by atoms with E-state index >= 15 is 0 Å². The number of thiazole rings is 1. The number of fused-ring (bicyclic) bond motifs is 1. The Hall–Kier alpha value is -2.01. The number of benzene rings is 1. The average molecular weight is 286 g/mol. The maximum Gasteiger partial charge on any atom is 0.261 e. The molecule has 0 fully saturated rings. The summed E-state index contributed by atoms with van der Waals surface area (Å²) in [4.78, 5) is 31.0. The standard InChI is InChI=1S/C15H14N2O2S/c1-10-16-9-11(20-10)5-4-8-17-14(18)12-6-2-3-7-13(12)15(17)19/h2-3,6-7,9H,4-5,8H2,1H3. The molecule has 0 spiro atoms. The number of amides is 2. The van der Waals surface area contributed by atoms with Crippen LogP contribution in [0.3, 0.4) is 0 Å². The van der Waals surface area contributed by atoms with Crippen LogP contribution in [0, 0.1) is 6.92 Å². The topological polar surface area (TPSA) is 50.3 Å². The molecule has 5 heteroatoms. The fraction of sp³-hybridized carbons (Fsp3) is 0.267. The Morgan fingerprint density at radius 3 is 2.35 bits per heavy atom.